The highest BCUT2D eigenvalue weighted by Crippen LogP contribution is 2.25. The van der Waals surface area contributed by atoms with Crippen molar-refractivity contribution in [2.75, 3.05) is 5.75 Å². The van der Waals surface area contributed by atoms with Crippen LogP contribution in [0.25, 0.3) is 0 Å². The second-order valence-corrected chi connectivity index (χ2v) is 6.09. The molecule has 0 atom stereocenters. The molecule has 18 heavy (non-hydrogen) atoms. The molecule has 0 bridgehead atoms. The molecule has 1 N–H and O–H groups in total. The van der Waals surface area contributed by atoms with E-state index in [1.807, 2.05) is 24.8 Å². The Kier molecular flexibility index (Phi) is 7.99. The number of unbranched alkanes of at least 4 members (excludes halogenated alkanes) is 6. The van der Waals surface area contributed by atoms with E-state index in [4.69, 9.17) is 0 Å². The first-order chi connectivity index (χ1) is 8.74. The fourth-order valence-corrected chi connectivity index (χ4v) is 2.98. The van der Waals surface area contributed by atoms with Gasteiger partial charge in [-0.3, -0.25) is 0 Å². The van der Waals surface area contributed by atoms with Gasteiger partial charge in [-0.2, -0.15) is 0 Å². The normalized spacial score (nSPS) is 10.8. The summed E-state index contributed by atoms with van der Waals surface area (Å²) in [7, 11) is 0. The Morgan fingerprint density at radius 2 is 1.67 bits per heavy atom. The minimum absolute atomic E-state index is 0.398. The van der Waals surface area contributed by atoms with Gasteiger partial charge in [0.2, 0.25) is 0 Å². The molecule has 0 unspecified atom stereocenters. The van der Waals surface area contributed by atoms with Gasteiger partial charge < -0.3 is 5.11 Å². The SMILES string of the molecule is CCCCCCCCCSc1ccc(O)c(C)c1. The van der Waals surface area contributed by atoms with E-state index >= 15 is 0 Å². The molecular formula is C16H26OS. The lowest BCUT2D eigenvalue weighted by Gasteiger charge is -2.04. The molecule has 0 aliphatic heterocycles. The van der Waals surface area contributed by atoms with E-state index < -0.39 is 0 Å². The highest BCUT2D eigenvalue weighted by Gasteiger charge is 1.99. The van der Waals surface area contributed by atoms with E-state index in [-0.39, 0.29) is 0 Å². The Bertz CT molecular complexity index is 336. The van der Waals surface area contributed by atoms with E-state index in [1.54, 1.807) is 6.07 Å². The molecule has 0 aliphatic carbocycles. The standard InChI is InChI=1S/C16H26OS/c1-3-4-5-6-7-8-9-12-18-15-10-11-16(17)14(2)13-15/h10-11,13,17H,3-9,12H2,1-2H3. The van der Waals surface area contributed by atoms with Gasteiger partial charge in [0.05, 0.1) is 0 Å². The van der Waals surface area contributed by atoms with Crippen molar-refractivity contribution in [3.63, 3.8) is 0 Å². The molecule has 0 aromatic heterocycles. The molecular weight excluding hydrogens is 240 g/mol. The van der Waals surface area contributed by atoms with Crippen LogP contribution in [0.2, 0.25) is 0 Å². The molecule has 0 amide bonds. The van der Waals surface area contributed by atoms with Gasteiger partial charge in [0.15, 0.2) is 0 Å². The summed E-state index contributed by atoms with van der Waals surface area (Å²) >= 11 is 1.90. The van der Waals surface area contributed by atoms with Crippen LogP contribution < -0.4 is 0 Å². The molecule has 0 radical (unpaired) electrons. The molecule has 1 nitrogen and oxygen atoms in total. The second-order valence-electron chi connectivity index (χ2n) is 4.92. The lowest BCUT2D eigenvalue weighted by Crippen LogP contribution is -1.84. The minimum atomic E-state index is 0.398. The van der Waals surface area contributed by atoms with Crippen LogP contribution in [-0.4, -0.2) is 10.9 Å². The Morgan fingerprint density at radius 3 is 2.33 bits per heavy atom. The van der Waals surface area contributed by atoms with Crippen molar-refractivity contribution in [2.24, 2.45) is 0 Å². The zero-order chi connectivity index (χ0) is 13.2. The van der Waals surface area contributed by atoms with E-state index in [9.17, 15) is 5.11 Å². The van der Waals surface area contributed by atoms with Crippen LogP contribution in [0, 0.1) is 6.92 Å². The molecule has 0 spiro atoms. The van der Waals surface area contributed by atoms with Crippen LogP contribution in [0.5, 0.6) is 5.75 Å². The van der Waals surface area contributed by atoms with E-state index in [1.165, 1.54) is 55.6 Å². The van der Waals surface area contributed by atoms with Crippen molar-refractivity contribution >= 4 is 11.8 Å². The van der Waals surface area contributed by atoms with Crippen molar-refractivity contribution in [1.29, 1.82) is 0 Å². The zero-order valence-corrected chi connectivity index (χ0v) is 12.6. The van der Waals surface area contributed by atoms with Crippen LogP contribution in [0.4, 0.5) is 0 Å². The van der Waals surface area contributed by atoms with Gasteiger partial charge in [0, 0.05) is 4.90 Å². The predicted octanol–water partition coefficient (Wildman–Crippen LogP) is 5.54. The molecule has 0 saturated heterocycles. The summed E-state index contributed by atoms with van der Waals surface area (Å²) in [5.74, 6) is 1.59. The molecule has 0 aliphatic rings. The Morgan fingerprint density at radius 1 is 1.00 bits per heavy atom. The summed E-state index contributed by atoms with van der Waals surface area (Å²) in [6.07, 6.45) is 9.56. The summed E-state index contributed by atoms with van der Waals surface area (Å²) in [6.45, 7) is 4.21. The number of phenols is 1. The first kappa shape index (κ1) is 15.4. The average molecular weight is 266 g/mol. The maximum Gasteiger partial charge on any atom is 0.118 e. The maximum atomic E-state index is 9.45. The van der Waals surface area contributed by atoms with Crippen LogP contribution in [0.15, 0.2) is 23.1 Å². The third kappa shape index (κ3) is 6.34. The number of phenolic OH excluding ortho intramolecular Hbond substituents is 1. The van der Waals surface area contributed by atoms with Crippen molar-refractivity contribution in [3.05, 3.63) is 23.8 Å². The lowest BCUT2D eigenvalue weighted by atomic mass is 10.1. The van der Waals surface area contributed by atoms with E-state index in [0.29, 0.717) is 5.75 Å². The van der Waals surface area contributed by atoms with Gasteiger partial charge in [0.1, 0.15) is 5.75 Å². The van der Waals surface area contributed by atoms with Crippen LogP contribution in [0.1, 0.15) is 57.4 Å². The first-order valence-electron chi connectivity index (χ1n) is 7.16. The number of benzene rings is 1. The average Bonchev–Trinajstić information content (AvgIpc) is 2.37. The predicted molar refractivity (Wildman–Crippen MR) is 81.6 cm³/mol. The van der Waals surface area contributed by atoms with Gasteiger partial charge in [-0.05, 0) is 42.9 Å². The summed E-state index contributed by atoms with van der Waals surface area (Å²) in [5, 5.41) is 9.45. The van der Waals surface area contributed by atoms with E-state index in [0.717, 1.165) is 5.56 Å². The number of aryl methyl sites for hydroxylation is 1. The third-order valence-corrected chi connectivity index (χ3v) is 4.26. The highest BCUT2D eigenvalue weighted by atomic mass is 32.2. The quantitative estimate of drug-likeness (QED) is 0.467. The minimum Gasteiger partial charge on any atom is -0.508 e. The highest BCUT2D eigenvalue weighted by molar-refractivity contribution is 7.99. The van der Waals surface area contributed by atoms with Crippen molar-refractivity contribution < 1.29 is 5.11 Å². The monoisotopic (exact) mass is 266 g/mol. The number of rotatable bonds is 9. The second kappa shape index (κ2) is 9.32. The Labute approximate surface area is 116 Å². The van der Waals surface area contributed by atoms with Crippen LogP contribution in [0.3, 0.4) is 0 Å². The summed E-state index contributed by atoms with van der Waals surface area (Å²) in [5.41, 5.74) is 0.972. The number of hydrogen-bond acceptors (Lipinski definition) is 2. The maximum absolute atomic E-state index is 9.45. The van der Waals surface area contributed by atoms with Gasteiger partial charge in [0.25, 0.3) is 0 Å². The third-order valence-electron chi connectivity index (χ3n) is 3.18. The van der Waals surface area contributed by atoms with Crippen LogP contribution in [-0.2, 0) is 0 Å². The molecule has 0 saturated carbocycles. The molecule has 1 rings (SSSR count). The smallest absolute Gasteiger partial charge is 0.118 e. The summed E-state index contributed by atoms with van der Waals surface area (Å²) < 4.78 is 0. The zero-order valence-electron chi connectivity index (χ0n) is 11.7. The largest absolute Gasteiger partial charge is 0.508 e. The fourth-order valence-electron chi connectivity index (χ4n) is 1.97. The molecule has 0 fully saturated rings. The molecule has 1 aromatic carbocycles. The van der Waals surface area contributed by atoms with Gasteiger partial charge in [-0.25, -0.2) is 0 Å². The first-order valence-corrected chi connectivity index (χ1v) is 8.15. The van der Waals surface area contributed by atoms with Gasteiger partial charge in [-0.1, -0.05) is 45.4 Å². The van der Waals surface area contributed by atoms with Crippen LogP contribution >= 0.6 is 11.8 Å². The molecule has 0 heterocycles. The summed E-state index contributed by atoms with van der Waals surface area (Å²) in [6, 6.07) is 5.87. The number of hydrogen-bond donors (Lipinski definition) is 1. The lowest BCUT2D eigenvalue weighted by molar-refractivity contribution is 0.470. The topological polar surface area (TPSA) is 20.2 Å². The van der Waals surface area contributed by atoms with Crippen molar-refractivity contribution in [3.8, 4) is 5.75 Å². The van der Waals surface area contributed by atoms with Crippen molar-refractivity contribution in [2.45, 2.75) is 63.7 Å². The summed E-state index contributed by atoms with van der Waals surface area (Å²) in [4.78, 5) is 1.27. The molecule has 102 valence electrons. The number of thioether (sulfide) groups is 1. The van der Waals surface area contributed by atoms with E-state index in [2.05, 4.69) is 13.0 Å². The van der Waals surface area contributed by atoms with Gasteiger partial charge >= 0.3 is 0 Å². The molecule has 2 heteroatoms. The van der Waals surface area contributed by atoms with Crippen molar-refractivity contribution in [1.82, 2.24) is 0 Å². The Hall–Kier alpha value is -0.630. The Balaban J connectivity index is 2.05. The van der Waals surface area contributed by atoms with Gasteiger partial charge in [-0.15, -0.1) is 11.8 Å². The fraction of sp³-hybridized carbons (Fsp3) is 0.625. The molecule has 1 aromatic rings. The number of aromatic hydroxyl groups is 1.